The minimum absolute atomic E-state index is 0.00481. The molecule has 2 rings (SSSR count). The summed E-state index contributed by atoms with van der Waals surface area (Å²) in [7, 11) is 1.97. The van der Waals surface area contributed by atoms with Crippen LogP contribution in [0, 0.1) is 12.7 Å². The second kappa shape index (κ2) is 6.09. The molecule has 4 heteroatoms. The molecule has 1 aromatic heterocycles. The van der Waals surface area contributed by atoms with Gasteiger partial charge in [0.25, 0.3) is 0 Å². The van der Waals surface area contributed by atoms with E-state index in [0.717, 1.165) is 22.8 Å². The van der Waals surface area contributed by atoms with Gasteiger partial charge in [0.1, 0.15) is 17.3 Å². The van der Waals surface area contributed by atoms with E-state index in [-0.39, 0.29) is 11.9 Å². The van der Waals surface area contributed by atoms with Crippen molar-refractivity contribution in [3.05, 3.63) is 53.2 Å². The van der Waals surface area contributed by atoms with Crippen LogP contribution in [0.1, 0.15) is 24.0 Å². The van der Waals surface area contributed by atoms with Crippen LogP contribution in [0.25, 0.3) is 0 Å². The molecule has 0 spiro atoms. The van der Waals surface area contributed by atoms with Crippen LogP contribution >= 0.6 is 0 Å². The van der Waals surface area contributed by atoms with Gasteiger partial charge in [-0.15, -0.1) is 0 Å². The Morgan fingerprint density at radius 3 is 2.65 bits per heavy atom. The Bertz CT molecular complexity index is 578. The van der Waals surface area contributed by atoms with Crippen LogP contribution in [-0.4, -0.2) is 13.1 Å². The van der Waals surface area contributed by atoms with E-state index in [4.69, 9.17) is 10.2 Å². The van der Waals surface area contributed by atoms with Gasteiger partial charge in [-0.05, 0) is 56.2 Å². The van der Waals surface area contributed by atoms with Gasteiger partial charge < -0.3 is 15.1 Å². The molecule has 3 nitrogen and oxygen atoms in total. The van der Waals surface area contributed by atoms with Crippen LogP contribution in [-0.2, 0) is 13.0 Å². The lowest BCUT2D eigenvalue weighted by atomic mass is 10.0. The molecule has 1 aromatic carbocycles. The van der Waals surface area contributed by atoms with Gasteiger partial charge in [0.05, 0.1) is 6.54 Å². The molecule has 0 bridgehead atoms. The summed E-state index contributed by atoms with van der Waals surface area (Å²) in [5, 5.41) is 0. The maximum atomic E-state index is 13.4. The molecule has 0 aliphatic carbocycles. The molecule has 108 valence electrons. The summed E-state index contributed by atoms with van der Waals surface area (Å²) < 4.78 is 19.0. The molecule has 0 amide bonds. The maximum absolute atomic E-state index is 13.4. The number of hydrogen-bond acceptors (Lipinski definition) is 3. The topological polar surface area (TPSA) is 42.4 Å². The van der Waals surface area contributed by atoms with Crippen molar-refractivity contribution >= 4 is 5.69 Å². The first-order chi connectivity index (χ1) is 9.45. The number of rotatable bonds is 5. The Kier molecular flexibility index (Phi) is 4.45. The molecule has 1 unspecified atom stereocenters. The van der Waals surface area contributed by atoms with Gasteiger partial charge >= 0.3 is 0 Å². The minimum Gasteiger partial charge on any atom is -0.464 e. The van der Waals surface area contributed by atoms with Crippen LogP contribution in [0.3, 0.4) is 0 Å². The molecule has 0 aliphatic rings. The molecule has 1 heterocycles. The average Bonchev–Trinajstić information content (AvgIpc) is 2.73. The van der Waals surface area contributed by atoms with E-state index in [1.54, 1.807) is 12.1 Å². The number of nitrogens with two attached hydrogens (primary N) is 1. The molecular formula is C16H21FN2O. The lowest BCUT2D eigenvalue weighted by Crippen LogP contribution is -2.22. The third-order valence-corrected chi connectivity index (χ3v) is 3.18. The SMILES string of the molecule is Cc1ccc(CN(C)c2ccc(F)cc2CC(C)N)o1. The van der Waals surface area contributed by atoms with Crippen LogP contribution in [0.5, 0.6) is 0 Å². The highest BCUT2D eigenvalue weighted by Crippen LogP contribution is 2.24. The fourth-order valence-corrected chi connectivity index (χ4v) is 2.33. The third kappa shape index (κ3) is 3.61. The summed E-state index contributed by atoms with van der Waals surface area (Å²) in [5.41, 5.74) is 7.75. The van der Waals surface area contributed by atoms with E-state index in [1.165, 1.54) is 6.07 Å². The molecule has 1 atom stereocenters. The molecule has 20 heavy (non-hydrogen) atoms. The number of benzene rings is 1. The van der Waals surface area contributed by atoms with Crippen molar-refractivity contribution in [3.8, 4) is 0 Å². The predicted molar refractivity (Wildman–Crippen MR) is 79.3 cm³/mol. The lowest BCUT2D eigenvalue weighted by Gasteiger charge is -2.22. The zero-order valence-corrected chi connectivity index (χ0v) is 12.2. The minimum atomic E-state index is -0.230. The zero-order chi connectivity index (χ0) is 14.7. The number of furan rings is 1. The van der Waals surface area contributed by atoms with Gasteiger partial charge in [-0.1, -0.05) is 0 Å². The summed E-state index contributed by atoms with van der Waals surface area (Å²) in [5.74, 6) is 1.55. The van der Waals surface area contributed by atoms with Gasteiger partial charge in [-0.25, -0.2) is 4.39 Å². The monoisotopic (exact) mass is 276 g/mol. The van der Waals surface area contributed by atoms with Gasteiger partial charge in [-0.3, -0.25) is 0 Å². The second-order valence-electron chi connectivity index (χ2n) is 5.32. The van der Waals surface area contributed by atoms with Gasteiger partial charge in [0, 0.05) is 18.8 Å². The molecule has 0 saturated carbocycles. The first kappa shape index (κ1) is 14.6. The van der Waals surface area contributed by atoms with E-state index in [1.807, 2.05) is 33.0 Å². The maximum Gasteiger partial charge on any atom is 0.123 e. The number of halogens is 1. The molecule has 2 aromatic rings. The van der Waals surface area contributed by atoms with Crippen molar-refractivity contribution < 1.29 is 8.81 Å². The van der Waals surface area contributed by atoms with E-state index >= 15 is 0 Å². The van der Waals surface area contributed by atoms with Crippen molar-refractivity contribution in [1.82, 2.24) is 0 Å². The Hall–Kier alpha value is -1.81. The van der Waals surface area contributed by atoms with Crippen LogP contribution in [0.2, 0.25) is 0 Å². The number of nitrogens with zero attached hydrogens (tertiary/aromatic N) is 1. The Morgan fingerprint density at radius 1 is 1.30 bits per heavy atom. The number of anilines is 1. The summed E-state index contributed by atoms with van der Waals surface area (Å²) in [6.07, 6.45) is 0.647. The second-order valence-corrected chi connectivity index (χ2v) is 5.32. The lowest BCUT2D eigenvalue weighted by molar-refractivity contribution is 0.481. The third-order valence-electron chi connectivity index (χ3n) is 3.18. The molecule has 2 N–H and O–H groups in total. The zero-order valence-electron chi connectivity index (χ0n) is 12.2. The summed E-state index contributed by atoms with van der Waals surface area (Å²) in [6.45, 7) is 4.49. The Balaban J connectivity index is 2.21. The highest BCUT2D eigenvalue weighted by atomic mass is 19.1. The predicted octanol–water partition coefficient (Wildman–Crippen LogP) is 3.25. The van der Waals surface area contributed by atoms with Gasteiger partial charge in [0.15, 0.2) is 0 Å². The number of aryl methyl sites for hydroxylation is 1. The van der Waals surface area contributed by atoms with Crippen LogP contribution in [0.4, 0.5) is 10.1 Å². The summed E-state index contributed by atoms with van der Waals surface area (Å²) >= 11 is 0. The van der Waals surface area contributed by atoms with Crippen molar-refractivity contribution in [2.24, 2.45) is 5.73 Å². The fourth-order valence-electron chi connectivity index (χ4n) is 2.33. The quantitative estimate of drug-likeness (QED) is 0.911. The molecule has 0 saturated heterocycles. The summed E-state index contributed by atoms with van der Waals surface area (Å²) in [6, 6.07) is 8.72. The standard InChI is InChI=1S/C16H21FN2O/c1-11(18)8-13-9-14(17)5-7-16(13)19(3)10-15-6-4-12(2)20-15/h4-7,9,11H,8,10,18H2,1-3H3. The van der Waals surface area contributed by atoms with Gasteiger partial charge in [-0.2, -0.15) is 0 Å². The van der Waals surface area contributed by atoms with E-state index < -0.39 is 0 Å². The first-order valence-corrected chi connectivity index (χ1v) is 6.76. The van der Waals surface area contributed by atoms with Crippen molar-refractivity contribution in [2.75, 3.05) is 11.9 Å². The normalized spacial score (nSPS) is 12.4. The first-order valence-electron chi connectivity index (χ1n) is 6.76. The van der Waals surface area contributed by atoms with Crippen LogP contribution < -0.4 is 10.6 Å². The molecule has 0 fully saturated rings. The van der Waals surface area contributed by atoms with E-state index in [9.17, 15) is 4.39 Å². The fraction of sp³-hybridized carbons (Fsp3) is 0.375. The Labute approximate surface area is 119 Å². The van der Waals surface area contributed by atoms with Crippen molar-refractivity contribution in [3.63, 3.8) is 0 Å². The van der Waals surface area contributed by atoms with Gasteiger partial charge in [0.2, 0.25) is 0 Å². The van der Waals surface area contributed by atoms with Crippen molar-refractivity contribution in [1.29, 1.82) is 0 Å². The smallest absolute Gasteiger partial charge is 0.123 e. The van der Waals surface area contributed by atoms with E-state index in [2.05, 4.69) is 4.90 Å². The molecule has 0 aliphatic heterocycles. The highest BCUT2D eigenvalue weighted by Gasteiger charge is 2.12. The largest absolute Gasteiger partial charge is 0.464 e. The molecular weight excluding hydrogens is 255 g/mol. The van der Waals surface area contributed by atoms with Crippen LogP contribution in [0.15, 0.2) is 34.7 Å². The Morgan fingerprint density at radius 2 is 2.05 bits per heavy atom. The van der Waals surface area contributed by atoms with E-state index in [0.29, 0.717) is 13.0 Å². The van der Waals surface area contributed by atoms with Crippen molar-refractivity contribution in [2.45, 2.75) is 32.9 Å². The average molecular weight is 276 g/mol. The summed E-state index contributed by atoms with van der Waals surface area (Å²) in [4.78, 5) is 2.05. The number of hydrogen-bond donors (Lipinski definition) is 1. The molecule has 0 radical (unpaired) electrons. The highest BCUT2D eigenvalue weighted by molar-refractivity contribution is 5.53.